The highest BCUT2D eigenvalue weighted by atomic mass is 16.5. The van der Waals surface area contributed by atoms with Gasteiger partial charge in [-0.1, -0.05) is 38.1 Å². The summed E-state index contributed by atoms with van der Waals surface area (Å²) in [6.45, 7) is 9.91. The molecule has 0 radical (unpaired) electrons. The summed E-state index contributed by atoms with van der Waals surface area (Å²) >= 11 is 0. The van der Waals surface area contributed by atoms with E-state index in [0.29, 0.717) is 12.0 Å². The zero-order chi connectivity index (χ0) is 15.1. The number of methoxy groups -OCH3 is 1. The lowest BCUT2D eigenvalue weighted by Gasteiger charge is -2.31. The van der Waals surface area contributed by atoms with Crippen molar-refractivity contribution in [3.63, 3.8) is 0 Å². The van der Waals surface area contributed by atoms with E-state index in [1.807, 2.05) is 7.11 Å². The Kier molecular flexibility index (Phi) is 6.68. The molecule has 0 spiro atoms. The van der Waals surface area contributed by atoms with Gasteiger partial charge in [0, 0.05) is 33.3 Å². The van der Waals surface area contributed by atoms with Gasteiger partial charge in [-0.2, -0.15) is 0 Å². The first-order valence-electron chi connectivity index (χ1n) is 8.21. The van der Waals surface area contributed by atoms with E-state index in [9.17, 15) is 0 Å². The molecule has 118 valence electrons. The van der Waals surface area contributed by atoms with Crippen LogP contribution in [0.25, 0.3) is 0 Å². The molecule has 0 amide bonds. The second kappa shape index (κ2) is 8.52. The quantitative estimate of drug-likeness (QED) is 0.835. The molecule has 3 nitrogen and oxygen atoms in total. The van der Waals surface area contributed by atoms with Gasteiger partial charge in [0.25, 0.3) is 0 Å². The summed E-state index contributed by atoms with van der Waals surface area (Å²) in [4.78, 5) is 2.55. The first-order chi connectivity index (χ1) is 10.2. The first kappa shape index (κ1) is 16.5. The summed E-state index contributed by atoms with van der Waals surface area (Å²) in [5, 5.41) is 3.56. The molecule has 21 heavy (non-hydrogen) atoms. The Bertz CT molecular complexity index is 411. The molecule has 1 aromatic carbocycles. The average molecular weight is 290 g/mol. The number of hydrogen-bond donors (Lipinski definition) is 1. The molecule has 1 saturated heterocycles. The number of rotatable bonds is 7. The van der Waals surface area contributed by atoms with E-state index >= 15 is 0 Å². The molecule has 1 aliphatic heterocycles. The number of nitrogens with zero attached hydrogens (tertiary/aromatic N) is 1. The molecule has 0 bridgehead atoms. The van der Waals surface area contributed by atoms with Crippen LogP contribution in [0, 0.1) is 5.92 Å². The Labute approximate surface area is 129 Å². The number of ether oxygens (including phenoxy) is 1. The zero-order valence-electron chi connectivity index (χ0n) is 13.8. The molecule has 0 aliphatic carbocycles. The minimum absolute atomic E-state index is 0.462. The fourth-order valence-electron chi connectivity index (χ4n) is 2.92. The van der Waals surface area contributed by atoms with Crippen LogP contribution in [0.15, 0.2) is 24.3 Å². The van der Waals surface area contributed by atoms with Crippen LogP contribution in [0.5, 0.6) is 0 Å². The predicted molar refractivity (Wildman–Crippen MR) is 88.3 cm³/mol. The van der Waals surface area contributed by atoms with Gasteiger partial charge < -0.3 is 10.1 Å². The highest BCUT2D eigenvalue weighted by Crippen LogP contribution is 2.17. The fourth-order valence-corrected chi connectivity index (χ4v) is 2.92. The van der Waals surface area contributed by atoms with E-state index in [-0.39, 0.29) is 0 Å². The van der Waals surface area contributed by atoms with Gasteiger partial charge >= 0.3 is 0 Å². The van der Waals surface area contributed by atoms with Gasteiger partial charge in [0.15, 0.2) is 0 Å². The van der Waals surface area contributed by atoms with Crippen LogP contribution >= 0.6 is 0 Å². The van der Waals surface area contributed by atoms with Crippen molar-refractivity contribution in [1.82, 2.24) is 10.2 Å². The molecule has 1 N–H and O–H groups in total. The molecular weight excluding hydrogens is 260 g/mol. The van der Waals surface area contributed by atoms with E-state index in [1.165, 1.54) is 11.1 Å². The van der Waals surface area contributed by atoms with E-state index < -0.39 is 0 Å². The van der Waals surface area contributed by atoms with Crippen LogP contribution in [0.4, 0.5) is 0 Å². The summed E-state index contributed by atoms with van der Waals surface area (Å²) < 4.78 is 5.45. The topological polar surface area (TPSA) is 24.5 Å². The number of benzene rings is 1. The van der Waals surface area contributed by atoms with Crippen LogP contribution in [0.1, 0.15) is 37.8 Å². The van der Waals surface area contributed by atoms with Crippen molar-refractivity contribution in [2.75, 3.05) is 26.7 Å². The number of nitrogens with one attached hydrogen (secondary N) is 1. The smallest absolute Gasteiger partial charge is 0.0595 e. The zero-order valence-corrected chi connectivity index (χ0v) is 13.8. The van der Waals surface area contributed by atoms with Gasteiger partial charge in [-0.05, 0) is 36.4 Å². The van der Waals surface area contributed by atoms with Crippen molar-refractivity contribution in [3.8, 4) is 0 Å². The van der Waals surface area contributed by atoms with Crippen molar-refractivity contribution < 1.29 is 4.74 Å². The molecule has 0 saturated carbocycles. The van der Waals surface area contributed by atoms with Gasteiger partial charge in [0.05, 0.1) is 6.10 Å². The SMILES string of the molecule is COC1CCN(Cc2ccccc2CNCC(C)C)CC1. The van der Waals surface area contributed by atoms with Crippen molar-refractivity contribution in [3.05, 3.63) is 35.4 Å². The van der Waals surface area contributed by atoms with Crippen LogP contribution in [-0.4, -0.2) is 37.7 Å². The Hall–Kier alpha value is -0.900. The number of piperidine rings is 1. The third kappa shape index (κ3) is 5.42. The third-order valence-corrected chi connectivity index (χ3v) is 4.25. The molecule has 0 aromatic heterocycles. The molecule has 1 aliphatic rings. The second-order valence-corrected chi connectivity index (χ2v) is 6.50. The maximum Gasteiger partial charge on any atom is 0.0595 e. The lowest BCUT2D eigenvalue weighted by Crippen LogP contribution is -2.36. The molecule has 0 unspecified atom stereocenters. The largest absolute Gasteiger partial charge is 0.381 e. The Morgan fingerprint density at radius 1 is 1.19 bits per heavy atom. The third-order valence-electron chi connectivity index (χ3n) is 4.25. The molecule has 1 aromatic rings. The van der Waals surface area contributed by atoms with Crippen molar-refractivity contribution in [1.29, 1.82) is 0 Å². The van der Waals surface area contributed by atoms with Crippen LogP contribution in [0.2, 0.25) is 0 Å². The van der Waals surface area contributed by atoms with Crippen LogP contribution in [-0.2, 0) is 17.8 Å². The number of hydrogen-bond acceptors (Lipinski definition) is 3. The maximum absolute atomic E-state index is 5.45. The van der Waals surface area contributed by atoms with Gasteiger partial charge in [-0.15, -0.1) is 0 Å². The van der Waals surface area contributed by atoms with E-state index in [2.05, 4.69) is 48.3 Å². The number of likely N-dealkylation sites (tertiary alicyclic amines) is 1. The monoisotopic (exact) mass is 290 g/mol. The lowest BCUT2D eigenvalue weighted by molar-refractivity contribution is 0.0388. The minimum Gasteiger partial charge on any atom is -0.381 e. The molecule has 2 rings (SSSR count). The second-order valence-electron chi connectivity index (χ2n) is 6.50. The molecule has 0 atom stereocenters. The molecule has 3 heteroatoms. The highest BCUT2D eigenvalue weighted by Gasteiger charge is 2.19. The van der Waals surface area contributed by atoms with Gasteiger partial charge in [-0.25, -0.2) is 0 Å². The average Bonchev–Trinajstić information content (AvgIpc) is 2.49. The van der Waals surface area contributed by atoms with Crippen LogP contribution < -0.4 is 5.32 Å². The minimum atomic E-state index is 0.462. The summed E-state index contributed by atoms with van der Waals surface area (Å²) in [5.41, 5.74) is 2.90. The summed E-state index contributed by atoms with van der Waals surface area (Å²) in [6.07, 6.45) is 2.78. The van der Waals surface area contributed by atoms with Crippen molar-refractivity contribution >= 4 is 0 Å². The van der Waals surface area contributed by atoms with E-state index in [0.717, 1.165) is 45.6 Å². The molecule has 1 heterocycles. The standard InChI is InChI=1S/C18H30N2O/c1-15(2)12-19-13-16-6-4-5-7-17(16)14-20-10-8-18(21-3)9-11-20/h4-7,15,18-19H,8-14H2,1-3H3. The predicted octanol–water partition coefficient (Wildman–Crippen LogP) is 3.04. The Balaban J connectivity index is 1.87. The van der Waals surface area contributed by atoms with E-state index in [1.54, 1.807) is 0 Å². The van der Waals surface area contributed by atoms with Gasteiger partial charge in [0.1, 0.15) is 0 Å². The first-order valence-corrected chi connectivity index (χ1v) is 8.21. The van der Waals surface area contributed by atoms with E-state index in [4.69, 9.17) is 4.74 Å². The van der Waals surface area contributed by atoms with Gasteiger partial charge in [0.2, 0.25) is 0 Å². The normalized spacial score (nSPS) is 17.5. The van der Waals surface area contributed by atoms with Gasteiger partial charge in [-0.3, -0.25) is 4.90 Å². The Morgan fingerprint density at radius 2 is 1.86 bits per heavy atom. The summed E-state index contributed by atoms with van der Waals surface area (Å²) in [6, 6.07) is 8.83. The van der Waals surface area contributed by atoms with Crippen molar-refractivity contribution in [2.45, 2.75) is 45.9 Å². The van der Waals surface area contributed by atoms with Crippen molar-refractivity contribution in [2.24, 2.45) is 5.92 Å². The highest BCUT2D eigenvalue weighted by molar-refractivity contribution is 5.27. The Morgan fingerprint density at radius 3 is 2.48 bits per heavy atom. The lowest BCUT2D eigenvalue weighted by atomic mass is 10.0. The summed E-state index contributed by atoms with van der Waals surface area (Å²) in [7, 11) is 1.83. The summed E-state index contributed by atoms with van der Waals surface area (Å²) in [5.74, 6) is 0.699. The van der Waals surface area contributed by atoms with Crippen LogP contribution in [0.3, 0.4) is 0 Å². The molecular formula is C18H30N2O. The maximum atomic E-state index is 5.45. The fraction of sp³-hybridized carbons (Fsp3) is 0.667. The molecule has 1 fully saturated rings.